The van der Waals surface area contributed by atoms with Crippen LogP contribution in [0.4, 0.5) is 23.4 Å². The third kappa shape index (κ3) is 4.17. The highest BCUT2D eigenvalue weighted by Gasteiger charge is 2.39. The average Bonchev–Trinajstić information content (AvgIpc) is 3.11. The van der Waals surface area contributed by atoms with Crippen molar-refractivity contribution in [2.75, 3.05) is 11.9 Å². The van der Waals surface area contributed by atoms with Crippen LogP contribution in [0.15, 0.2) is 35.9 Å². The first kappa shape index (κ1) is 20.6. The Kier molecular flexibility index (Phi) is 5.49. The topological polar surface area (TPSA) is 89.1 Å². The number of carbonyl (C=O) groups is 1. The summed E-state index contributed by atoms with van der Waals surface area (Å²) in [6, 6.07) is 2.29. The third-order valence-corrected chi connectivity index (χ3v) is 4.65. The first-order valence-corrected chi connectivity index (χ1v) is 8.92. The molecule has 0 fully saturated rings. The number of amides is 1. The molecule has 0 bridgehead atoms. The van der Waals surface area contributed by atoms with Crippen molar-refractivity contribution < 1.29 is 22.4 Å². The van der Waals surface area contributed by atoms with Crippen molar-refractivity contribution in [2.45, 2.75) is 39.0 Å². The molecule has 7 nitrogen and oxygen atoms in total. The van der Waals surface area contributed by atoms with Gasteiger partial charge in [0, 0.05) is 48.9 Å². The van der Waals surface area contributed by atoms with Gasteiger partial charge in [0.15, 0.2) is 17.3 Å². The van der Waals surface area contributed by atoms with E-state index in [2.05, 4.69) is 15.4 Å². The number of nitrogens with one attached hydrogen (secondary N) is 1. The summed E-state index contributed by atoms with van der Waals surface area (Å²) >= 11 is 0. The van der Waals surface area contributed by atoms with Crippen LogP contribution < -0.4 is 11.1 Å². The number of pyridine rings is 1. The summed E-state index contributed by atoms with van der Waals surface area (Å²) < 4.78 is 54.7. The van der Waals surface area contributed by atoms with E-state index < -0.39 is 35.2 Å². The van der Waals surface area contributed by atoms with E-state index in [1.54, 1.807) is 23.9 Å². The maximum absolute atomic E-state index is 14.3. The average molecular weight is 412 g/mol. The number of hydrogen-bond donors (Lipinski definition) is 2. The van der Waals surface area contributed by atoms with Crippen LogP contribution in [-0.2, 0) is 12.7 Å². The summed E-state index contributed by atoms with van der Waals surface area (Å²) in [5.41, 5.74) is 4.66. The van der Waals surface area contributed by atoms with Crippen LogP contribution in [0.25, 0.3) is 0 Å². The second kappa shape index (κ2) is 7.72. The fraction of sp³-hybridized carbons (Fsp3) is 0.389. The van der Waals surface area contributed by atoms with Crippen LogP contribution in [0, 0.1) is 5.82 Å². The van der Waals surface area contributed by atoms with Crippen LogP contribution in [0.1, 0.15) is 36.3 Å². The van der Waals surface area contributed by atoms with Crippen molar-refractivity contribution in [1.82, 2.24) is 19.7 Å². The van der Waals surface area contributed by atoms with Gasteiger partial charge in [-0.15, -0.1) is 0 Å². The highest BCUT2D eigenvalue weighted by atomic mass is 19.4. The van der Waals surface area contributed by atoms with E-state index >= 15 is 0 Å². The van der Waals surface area contributed by atoms with Gasteiger partial charge in [-0.3, -0.25) is 9.48 Å². The lowest BCUT2D eigenvalue weighted by Gasteiger charge is -2.35. The number of nitrogens with zero attached hydrogens (tertiary/aromatic N) is 4. The molecule has 0 spiro atoms. The SMILES string of the molecule is CCn1ccc(NC2=C(N)CN(C(=O)c3ccnc(C(F)(F)F)c3F)[C@@H](C)C2)n1. The summed E-state index contributed by atoms with van der Waals surface area (Å²) in [5, 5.41) is 7.41. The van der Waals surface area contributed by atoms with Crippen LogP contribution in [-0.4, -0.2) is 38.2 Å². The lowest BCUT2D eigenvalue weighted by Crippen LogP contribution is -2.46. The predicted molar refractivity (Wildman–Crippen MR) is 97.0 cm³/mol. The van der Waals surface area contributed by atoms with E-state index in [1.807, 2.05) is 6.92 Å². The van der Waals surface area contributed by atoms with Gasteiger partial charge in [-0.05, 0) is 19.9 Å². The molecule has 156 valence electrons. The van der Waals surface area contributed by atoms with E-state index in [-0.39, 0.29) is 6.54 Å². The number of alkyl halides is 3. The molecule has 0 saturated carbocycles. The number of anilines is 1. The number of nitrogens with two attached hydrogens (primary N) is 1. The third-order valence-electron chi connectivity index (χ3n) is 4.65. The van der Waals surface area contributed by atoms with Gasteiger partial charge in [0.1, 0.15) is 0 Å². The van der Waals surface area contributed by atoms with Gasteiger partial charge in [0.05, 0.1) is 12.1 Å². The molecule has 29 heavy (non-hydrogen) atoms. The van der Waals surface area contributed by atoms with Crippen LogP contribution in [0.3, 0.4) is 0 Å². The molecule has 0 aromatic carbocycles. The minimum absolute atomic E-state index is 0.0556. The van der Waals surface area contributed by atoms with Gasteiger partial charge in [-0.2, -0.15) is 18.3 Å². The van der Waals surface area contributed by atoms with Crippen LogP contribution in [0.5, 0.6) is 0 Å². The lowest BCUT2D eigenvalue weighted by atomic mass is 10.0. The van der Waals surface area contributed by atoms with Crippen molar-refractivity contribution in [3.05, 3.63) is 53.0 Å². The van der Waals surface area contributed by atoms with Gasteiger partial charge < -0.3 is 16.0 Å². The Morgan fingerprint density at radius 3 is 2.72 bits per heavy atom. The predicted octanol–water partition coefficient (Wildman–Crippen LogP) is 2.97. The standard InChI is InChI=1S/C18H20F4N6O/c1-3-27-7-5-14(26-27)25-13-8-10(2)28(9-12(13)23)17(29)11-4-6-24-16(15(11)19)18(20,21)22/h4-7,10H,3,8-9,23H2,1-2H3,(H,25,26)/t10-/m0/s1. The molecule has 1 amide bonds. The molecule has 3 rings (SSSR count). The Hall–Kier alpha value is -3.11. The Balaban J connectivity index is 1.82. The van der Waals surface area contributed by atoms with E-state index in [0.717, 1.165) is 12.3 Å². The zero-order valence-electron chi connectivity index (χ0n) is 15.8. The van der Waals surface area contributed by atoms with Gasteiger partial charge in [-0.1, -0.05) is 0 Å². The van der Waals surface area contributed by atoms with Crippen molar-refractivity contribution >= 4 is 11.7 Å². The molecule has 11 heteroatoms. The largest absolute Gasteiger partial charge is 0.436 e. The molecule has 0 unspecified atom stereocenters. The Morgan fingerprint density at radius 1 is 1.38 bits per heavy atom. The number of hydrogen-bond acceptors (Lipinski definition) is 5. The molecule has 3 N–H and O–H groups in total. The van der Waals surface area contributed by atoms with E-state index in [0.29, 0.717) is 30.2 Å². The first-order chi connectivity index (χ1) is 13.6. The Bertz CT molecular complexity index is 952. The van der Waals surface area contributed by atoms with Crippen molar-refractivity contribution in [3.63, 3.8) is 0 Å². The fourth-order valence-electron chi connectivity index (χ4n) is 3.10. The van der Waals surface area contributed by atoms with Crippen LogP contribution in [0.2, 0.25) is 0 Å². The van der Waals surface area contributed by atoms with Crippen LogP contribution >= 0.6 is 0 Å². The van der Waals surface area contributed by atoms with Gasteiger partial charge in [-0.25, -0.2) is 9.37 Å². The fourth-order valence-corrected chi connectivity index (χ4v) is 3.10. The number of carbonyl (C=O) groups excluding carboxylic acids is 1. The quantitative estimate of drug-likeness (QED) is 0.754. The second-order valence-electron chi connectivity index (χ2n) is 6.69. The summed E-state index contributed by atoms with van der Waals surface area (Å²) in [7, 11) is 0. The molecular formula is C18H20F4N6O. The van der Waals surface area contributed by atoms with Gasteiger partial charge in [0.25, 0.3) is 5.91 Å². The number of aromatic nitrogens is 3. The number of aryl methyl sites for hydroxylation is 1. The van der Waals surface area contributed by atoms with E-state index in [1.165, 1.54) is 4.90 Å². The zero-order valence-corrected chi connectivity index (χ0v) is 15.8. The van der Waals surface area contributed by atoms with Crippen molar-refractivity contribution in [2.24, 2.45) is 5.73 Å². The molecule has 1 aliphatic rings. The molecular weight excluding hydrogens is 392 g/mol. The molecule has 1 atom stereocenters. The maximum Gasteiger partial charge on any atom is 0.436 e. The molecule has 0 aliphatic carbocycles. The highest BCUT2D eigenvalue weighted by Crippen LogP contribution is 2.32. The van der Waals surface area contributed by atoms with Crippen molar-refractivity contribution in [1.29, 1.82) is 0 Å². The summed E-state index contributed by atoms with van der Waals surface area (Å²) in [6.45, 7) is 4.30. The normalized spacial score (nSPS) is 17.6. The van der Waals surface area contributed by atoms with E-state index in [9.17, 15) is 22.4 Å². The number of rotatable bonds is 4. The first-order valence-electron chi connectivity index (χ1n) is 8.92. The summed E-state index contributed by atoms with van der Waals surface area (Å²) in [5.74, 6) is -1.97. The maximum atomic E-state index is 14.3. The molecule has 0 radical (unpaired) electrons. The number of halogens is 4. The minimum Gasteiger partial charge on any atom is -0.399 e. The second-order valence-corrected chi connectivity index (χ2v) is 6.69. The molecule has 0 saturated heterocycles. The summed E-state index contributed by atoms with van der Waals surface area (Å²) in [4.78, 5) is 17.0. The molecule has 3 heterocycles. The van der Waals surface area contributed by atoms with E-state index in [4.69, 9.17) is 5.73 Å². The minimum atomic E-state index is -4.99. The lowest BCUT2D eigenvalue weighted by molar-refractivity contribution is -0.143. The molecule has 2 aromatic rings. The summed E-state index contributed by atoms with van der Waals surface area (Å²) in [6.07, 6.45) is -2.11. The monoisotopic (exact) mass is 412 g/mol. The molecule has 2 aromatic heterocycles. The van der Waals surface area contributed by atoms with Crippen molar-refractivity contribution in [3.8, 4) is 0 Å². The van der Waals surface area contributed by atoms with Gasteiger partial charge >= 0.3 is 6.18 Å². The molecule has 1 aliphatic heterocycles. The smallest absolute Gasteiger partial charge is 0.399 e. The highest BCUT2D eigenvalue weighted by molar-refractivity contribution is 5.95. The zero-order chi connectivity index (χ0) is 21.3. The Labute approximate surface area is 164 Å². The van der Waals surface area contributed by atoms with Gasteiger partial charge in [0.2, 0.25) is 0 Å². The Morgan fingerprint density at radius 2 is 2.10 bits per heavy atom.